The van der Waals surface area contributed by atoms with E-state index in [1.165, 1.54) is 0 Å². The Labute approximate surface area is 177 Å². The zero-order chi connectivity index (χ0) is 18.5. The molecule has 1 aromatic rings. The first-order valence-corrected chi connectivity index (χ1v) is 9.20. The number of guanidine groups is 1. The van der Waals surface area contributed by atoms with Crippen LogP contribution in [-0.2, 0) is 4.79 Å². The number of rotatable bonds is 5. The van der Waals surface area contributed by atoms with Gasteiger partial charge in [-0.15, -0.1) is 24.0 Å². The van der Waals surface area contributed by atoms with Crippen molar-refractivity contribution in [2.75, 3.05) is 32.1 Å². The molecule has 0 radical (unpaired) electrons. The molecular formula is C19H29IN4O3. The maximum Gasteiger partial charge on any atom is 0.229 e. The zero-order valence-corrected chi connectivity index (χ0v) is 18.2. The van der Waals surface area contributed by atoms with Crippen LogP contribution in [0.15, 0.2) is 29.3 Å². The van der Waals surface area contributed by atoms with Crippen LogP contribution in [-0.4, -0.2) is 56.4 Å². The lowest BCUT2D eigenvalue weighted by atomic mass is 10.1. The van der Waals surface area contributed by atoms with Crippen LogP contribution in [0.1, 0.15) is 25.7 Å². The van der Waals surface area contributed by atoms with Crippen LogP contribution in [0, 0.1) is 5.92 Å². The first-order valence-electron chi connectivity index (χ1n) is 9.20. The third-order valence-corrected chi connectivity index (χ3v) is 5.21. The molecule has 0 spiro atoms. The maximum atomic E-state index is 12.4. The van der Waals surface area contributed by atoms with Gasteiger partial charge in [-0.05, 0) is 25.0 Å². The Balaban J connectivity index is 0.00000261. The molecule has 0 bridgehead atoms. The quantitative estimate of drug-likeness (QED) is 0.334. The Bertz CT molecular complexity index is 670. The Morgan fingerprint density at radius 3 is 2.89 bits per heavy atom. The summed E-state index contributed by atoms with van der Waals surface area (Å²) < 4.78 is 5.24. The summed E-state index contributed by atoms with van der Waals surface area (Å²) in [5.74, 6) is 1.76. The molecule has 3 rings (SSSR count). The van der Waals surface area contributed by atoms with E-state index in [9.17, 15) is 9.90 Å². The molecule has 1 heterocycles. The average molecular weight is 488 g/mol. The molecule has 150 valence electrons. The van der Waals surface area contributed by atoms with Gasteiger partial charge in [0.05, 0.1) is 19.3 Å². The van der Waals surface area contributed by atoms with E-state index in [2.05, 4.69) is 15.6 Å². The van der Waals surface area contributed by atoms with Gasteiger partial charge in [0, 0.05) is 44.2 Å². The first kappa shape index (κ1) is 21.7. The van der Waals surface area contributed by atoms with E-state index in [-0.39, 0.29) is 47.9 Å². The highest BCUT2D eigenvalue weighted by atomic mass is 127. The van der Waals surface area contributed by atoms with Crippen LogP contribution >= 0.6 is 24.0 Å². The number of hydrogen-bond acceptors (Lipinski definition) is 4. The molecule has 1 amide bonds. The number of aliphatic imine (C=N–C) groups is 1. The number of hydrogen-bond donors (Lipinski definition) is 3. The molecule has 3 atom stereocenters. The van der Waals surface area contributed by atoms with Crippen molar-refractivity contribution in [3.8, 4) is 5.75 Å². The monoisotopic (exact) mass is 488 g/mol. The molecule has 2 fully saturated rings. The molecule has 1 saturated carbocycles. The van der Waals surface area contributed by atoms with Crippen LogP contribution < -0.4 is 20.3 Å². The van der Waals surface area contributed by atoms with Gasteiger partial charge in [-0.2, -0.15) is 0 Å². The van der Waals surface area contributed by atoms with Crippen LogP contribution in [0.4, 0.5) is 5.69 Å². The zero-order valence-electron chi connectivity index (χ0n) is 15.9. The van der Waals surface area contributed by atoms with Crippen LogP contribution in [0.5, 0.6) is 5.75 Å². The number of aliphatic hydroxyl groups excluding tert-OH is 1. The maximum absolute atomic E-state index is 12.4. The SMILES string of the molecule is CN=C(NCC1CCCC1O)NC1CC(=O)N(c2cccc(OC)c2)C1.I. The van der Waals surface area contributed by atoms with Crippen molar-refractivity contribution in [1.82, 2.24) is 10.6 Å². The molecule has 1 saturated heterocycles. The largest absolute Gasteiger partial charge is 0.497 e. The lowest BCUT2D eigenvalue weighted by Crippen LogP contribution is -2.46. The number of aliphatic hydroxyl groups is 1. The standard InChI is InChI=1S/C19H28N4O3.HI/c1-20-19(21-11-13-5-3-8-17(13)24)22-14-9-18(25)23(12-14)15-6-4-7-16(10-15)26-2;/h4,6-7,10,13-14,17,24H,3,5,8-9,11-12H2,1-2H3,(H2,20,21,22);1H. The molecular weight excluding hydrogens is 459 g/mol. The normalized spacial score (nSPS) is 25.3. The molecule has 2 aliphatic rings. The van der Waals surface area contributed by atoms with Gasteiger partial charge in [-0.3, -0.25) is 9.79 Å². The van der Waals surface area contributed by atoms with Crippen LogP contribution in [0.2, 0.25) is 0 Å². The van der Waals surface area contributed by atoms with Gasteiger partial charge < -0.3 is 25.4 Å². The van der Waals surface area contributed by atoms with E-state index in [0.29, 0.717) is 25.5 Å². The Kier molecular flexibility index (Phi) is 8.15. The number of benzene rings is 1. The average Bonchev–Trinajstić information content (AvgIpc) is 3.23. The molecule has 7 nitrogen and oxygen atoms in total. The second kappa shape index (κ2) is 10.1. The van der Waals surface area contributed by atoms with Crippen molar-refractivity contribution in [2.45, 2.75) is 37.8 Å². The minimum absolute atomic E-state index is 0. The summed E-state index contributed by atoms with van der Waals surface area (Å²) in [7, 11) is 3.34. The second-order valence-electron chi connectivity index (χ2n) is 6.96. The lowest BCUT2D eigenvalue weighted by molar-refractivity contribution is -0.117. The molecule has 3 N–H and O–H groups in total. The van der Waals surface area contributed by atoms with Crippen LogP contribution in [0.25, 0.3) is 0 Å². The third kappa shape index (κ3) is 5.47. The summed E-state index contributed by atoms with van der Waals surface area (Å²) in [4.78, 5) is 18.4. The number of ether oxygens (including phenoxy) is 1. The summed E-state index contributed by atoms with van der Waals surface area (Å²) >= 11 is 0. The lowest BCUT2D eigenvalue weighted by Gasteiger charge is -2.21. The smallest absolute Gasteiger partial charge is 0.229 e. The summed E-state index contributed by atoms with van der Waals surface area (Å²) in [5, 5.41) is 16.5. The topological polar surface area (TPSA) is 86.2 Å². The number of carbonyl (C=O) groups excluding carboxylic acids is 1. The van der Waals surface area contributed by atoms with Crippen molar-refractivity contribution >= 4 is 41.5 Å². The molecule has 1 aromatic carbocycles. The summed E-state index contributed by atoms with van der Waals surface area (Å²) in [6, 6.07) is 7.53. The number of nitrogens with one attached hydrogen (secondary N) is 2. The molecule has 27 heavy (non-hydrogen) atoms. The second-order valence-corrected chi connectivity index (χ2v) is 6.96. The molecule has 8 heteroatoms. The number of amides is 1. The van der Waals surface area contributed by atoms with Gasteiger partial charge >= 0.3 is 0 Å². The van der Waals surface area contributed by atoms with Gasteiger partial charge in [-0.25, -0.2) is 0 Å². The van der Waals surface area contributed by atoms with Gasteiger partial charge in [0.15, 0.2) is 5.96 Å². The van der Waals surface area contributed by atoms with Crippen LogP contribution in [0.3, 0.4) is 0 Å². The minimum Gasteiger partial charge on any atom is -0.497 e. The number of carbonyl (C=O) groups is 1. The molecule has 0 aromatic heterocycles. The molecule has 3 unspecified atom stereocenters. The molecule has 1 aliphatic carbocycles. The van der Waals surface area contributed by atoms with Crippen molar-refractivity contribution in [1.29, 1.82) is 0 Å². The number of halogens is 1. The summed E-state index contributed by atoms with van der Waals surface area (Å²) in [5.41, 5.74) is 0.843. The van der Waals surface area contributed by atoms with Crippen molar-refractivity contribution < 1.29 is 14.6 Å². The fourth-order valence-corrected chi connectivity index (χ4v) is 3.70. The predicted octanol–water partition coefficient (Wildman–Crippen LogP) is 1.74. The number of nitrogens with zero attached hydrogens (tertiary/aromatic N) is 2. The molecule has 1 aliphatic heterocycles. The van der Waals surface area contributed by atoms with Gasteiger partial charge in [0.1, 0.15) is 5.75 Å². The van der Waals surface area contributed by atoms with E-state index >= 15 is 0 Å². The Morgan fingerprint density at radius 1 is 1.41 bits per heavy atom. The number of anilines is 1. The van der Waals surface area contributed by atoms with Gasteiger partial charge in [-0.1, -0.05) is 12.5 Å². The summed E-state index contributed by atoms with van der Waals surface area (Å²) in [6.45, 7) is 1.28. The fourth-order valence-electron chi connectivity index (χ4n) is 3.70. The Morgan fingerprint density at radius 2 is 2.22 bits per heavy atom. The van der Waals surface area contributed by atoms with E-state index in [1.807, 2.05) is 24.3 Å². The van der Waals surface area contributed by atoms with Gasteiger partial charge in [0.2, 0.25) is 5.91 Å². The predicted molar refractivity (Wildman–Crippen MR) is 117 cm³/mol. The van der Waals surface area contributed by atoms with E-state index in [0.717, 1.165) is 30.7 Å². The first-order chi connectivity index (χ1) is 12.6. The van der Waals surface area contributed by atoms with E-state index in [1.54, 1.807) is 19.1 Å². The Hall–Kier alpha value is -1.55. The third-order valence-electron chi connectivity index (χ3n) is 5.21. The highest BCUT2D eigenvalue weighted by Crippen LogP contribution is 2.26. The highest BCUT2D eigenvalue weighted by molar-refractivity contribution is 14.0. The highest BCUT2D eigenvalue weighted by Gasteiger charge is 2.32. The van der Waals surface area contributed by atoms with E-state index < -0.39 is 0 Å². The van der Waals surface area contributed by atoms with Crippen molar-refractivity contribution in [3.63, 3.8) is 0 Å². The fraction of sp³-hybridized carbons (Fsp3) is 0.579. The summed E-state index contributed by atoms with van der Waals surface area (Å²) in [6.07, 6.45) is 3.19. The minimum atomic E-state index is -0.225. The van der Waals surface area contributed by atoms with Crippen molar-refractivity contribution in [3.05, 3.63) is 24.3 Å². The van der Waals surface area contributed by atoms with E-state index in [4.69, 9.17) is 4.74 Å². The van der Waals surface area contributed by atoms with Crippen molar-refractivity contribution in [2.24, 2.45) is 10.9 Å². The number of methoxy groups -OCH3 is 1. The van der Waals surface area contributed by atoms with Gasteiger partial charge in [0.25, 0.3) is 0 Å².